The summed E-state index contributed by atoms with van der Waals surface area (Å²) in [6.07, 6.45) is 41.5. The highest BCUT2D eigenvalue weighted by Crippen LogP contribution is 2.13. The van der Waals surface area contributed by atoms with E-state index in [2.05, 4.69) is 31.3 Å². The van der Waals surface area contributed by atoms with Crippen LogP contribution in [0.2, 0.25) is 0 Å². The third-order valence-corrected chi connectivity index (χ3v) is 9.22. The second-order valence-corrected chi connectivity index (χ2v) is 14.0. The van der Waals surface area contributed by atoms with Gasteiger partial charge in [-0.15, -0.1) is 0 Å². The first kappa shape index (κ1) is 46.3. The first-order valence-electron chi connectivity index (χ1n) is 20.6. The Kier molecular flexibility index (Phi) is 36.8. The average molecular weight is 678 g/mol. The molecule has 0 aliphatic rings. The summed E-state index contributed by atoms with van der Waals surface area (Å²) in [7, 11) is 0. The number of aliphatic hydroxyl groups excluding tert-OH is 2. The number of allylic oxidation sites excluding steroid dienone is 3. The van der Waals surface area contributed by atoms with Gasteiger partial charge in [0.05, 0.1) is 25.4 Å². The van der Waals surface area contributed by atoms with Crippen LogP contribution in [0.1, 0.15) is 206 Å². The number of nitrogens with one attached hydrogen (secondary N) is 1. The van der Waals surface area contributed by atoms with Gasteiger partial charge in [-0.1, -0.05) is 167 Å². The largest absolute Gasteiger partial charge is 0.466 e. The van der Waals surface area contributed by atoms with E-state index in [0.29, 0.717) is 19.4 Å². The van der Waals surface area contributed by atoms with E-state index in [1.165, 1.54) is 122 Å². The lowest BCUT2D eigenvalue weighted by Gasteiger charge is -2.20. The van der Waals surface area contributed by atoms with Crippen LogP contribution in [0.25, 0.3) is 0 Å². The highest BCUT2D eigenvalue weighted by Gasteiger charge is 2.18. The molecule has 0 rings (SSSR count). The lowest BCUT2D eigenvalue weighted by atomic mass is 10.1. The van der Waals surface area contributed by atoms with Crippen LogP contribution in [-0.2, 0) is 14.3 Å². The number of hydrogen-bond donors (Lipinski definition) is 3. The van der Waals surface area contributed by atoms with Crippen molar-refractivity contribution < 1.29 is 24.5 Å². The lowest BCUT2D eigenvalue weighted by Crippen LogP contribution is -2.45. The third kappa shape index (κ3) is 34.2. The van der Waals surface area contributed by atoms with Gasteiger partial charge < -0.3 is 20.3 Å². The predicted molar refractivity (Wildman–Crippen MR) is 204 cm³/mol. The van der Waals surface area contributed by atoms with Crippen molar-refractivity contribution in [2.75, 3.05) is 13.2 Å². The lowest BCUT2D eigenvalue weighted by molar-refractivity contribution is -0.143. The van der Waals surface area contributed by atoms with Crippen molar-refractivity contribution in [1.82, 2.24) is 5.32 Å². The second-order valence-electron chi connectivity index (χ2n) is 14.0. The quantitative estimate of drug-likeness (QED) is 0.0345. The molecule has 0 saturated carbocycles. The van der Waals surface area contributed by atoms with Crippen molar-refractivity contribution in [3.05, 3.63) is 24.3 Å². The summed E-state index contributed by atoms with van der Waals surface area (Å²) >= 11 is 0. The van der Waals surface area contributed by atoms with Gasteiger partial charge in [-0.2, -0.15) is 0 Å². The SMILES string of the molecule is CCCC/C=C\CCCCCCCC(=O)OCCCCCCCCCCCC(=O)NC(CO)C(O)/C=C/CCCCCCCCCCC. The maximum Gasteiger partial charge on any atom is 0.305 e. The summed E-state index contributed by atoms with van der Waals surface area (Å²) in [4.78, 5) is 24.3. The molecule has 0 aliphatic heterocycles. The van der Waals surface area contributed by atoms with Gasteiger partial charge in [0.15, 0.2) is 0 Å². The van der Waals surface area contributed by atoms with Crippen molar-refractivity contribution in [3.63, 3.8) is 0 Å². The number of rotatable bonds is 37. The summed E-state index contributed by atoms with van der Waals surface area (Å²) in [5.41, 5.74) is 0. The fourth-order valence-corrected chi connectivity index (χ4v) is 5.96. The number of hydrogen-bond acceptors (Lipinski definition) is 5. The number of amides is 1. The summed E-state index contributed by atoms with van der Waals surface area (Å²) in [6, 6.07) is -0.645. The zero-order valence-electron chi connectivity index (χ0n) is 31.7. The molecule has 0 spiro atoms. The topological polar surface area (TPSA) is 95.9 Å². The van der Waals surface area contributed by atoms with Crippen molar-refractivity contribution in [2.45, 2.75) is 219 Å². The normalized spacial score (nSPS) is 13.0. The van der Waals surface area contributed by atoms with Gasteiger partial charge in [-0.25, -0.2) is 0 Å². The first-order valence-corrected chi connectivity index (χ1v) is 20.6. The standard InChI is InChI=1S/C42H79NO5/c1-3-5-7-9-11-13-15-18-22-26-30-34-40(45)39(38-44)43-41(46)35-31-27-23-19-17-21-25-29-33-37-48-42(47)36-32-28-24-20-16-14-12-10-8-6-4-2/h10,12,30,34,39-40,44-45H,3-9,11,13-29,31-33,35-38H2,1-2H3,(H,43,46)/b12-10-,34-30+. The van der Waals surface area contributed by atoms with Crippen LogP contribution < -0.4 is 5.32 Å². The molecule has 0 radical (unpaired) electrons. The molecule has 0 fully saturated rings. The van der Waals surface area contributed by atoms with Crippen LogP contribution in [0.4, 0.5) is 0 Å². The molecule has 0 bridgehead atoms. The van der Waals surface area contributed by atoms with E-state index in [-0.39, 0.29) is 18.5 Å². The molecule has 2 atom stereocenters. The fourth-order valence-electron chi connectivity index (χ4n) is 5.96. The van der Waals surface area contributed by atoms with Gasteiger partial charge >= 0.3 is 5.97 Å². The Balaban J connectivity index is 3.56. The van der Waals surface area contributed by atoms with E-state index in [0.717, 1.165) is 57.8 Å². The van der Waals surface area contributed by atoms with Crippen molar-refractivity contribution in [3.8, 4) is 0 Å². The minimum absolute atomic E-state index is 0.0398. The maximum absolute atomic E-state index is 12.3. The minimum atomic E-state index is -0.859. The third-order valence-electron chi connectivity index (χ3n) is 9.22. The molecule has 0 aromatic heterocycles. The smallest absolute Gasteiger partial charge is 0.305 e. The summed E-state index contributed by atoms with van der Waals surface area (Å²) in [5, 5.41) is 22.9. The van der Waals surface area contributed by atoms with Crippen LogP contribution in [0.5, 0.6) is 0 Å². The number of carbonyl (C=O) groups excluding carboxylic acids is 2. The molecule has 0 aromatic rings. The van der Waals surface area contributed by atoms with E-state index in [1.807, 2.05) is 6.08 Å². The molecular formula is C42H79NO5. The maximum atomic E-state index is 12.3. The van der Waals surface area contributed by atoms with Crippen molar-refractivity contribution in [2.24, 2.45) is 0 Å². The summed E-state index contributed by atoms with van der Waals surface area (Å²) in [5.74, 6) is -0.139. The van der Waals surface area contributed by atoms with E-state index < -0.39 is 12.1 Å². The van der Waals surface area contributed by atoms with Crippen LogP contribution in [-0.4, -0.2) is 47.4 Å². The molecule has 6 nitrogen and oxygen atoms in total. The van der Waals surface area contributed by atoms with Gasteiger partial charge in [0, 0.05) is 12.8 Å². The Bertz CT molecular complexity index is 752. The Labute approximate surface area is 297 Å². The van der Waals surface area contributed by atoms with Gasteiger partial charge in [0.25, 0.3) is 0 Å². The molecule has 0 aliphatic carbocycles. The number of aliphatic hydroxyl groups is 2. The number of unbranched alkanes of at least 4 members (excludes halogenated alkanes) is 24. The minimum Gasteiger partial charge on any atom is -0.466 e. The molecule has 282 valence electrons. The van der Waals surface area contributed by atoms with Crippen LogP contribution in [0, 0.1) is 0 Å². The number of carbonyl (C=O) groups is 2. The van der Waals surface area contributed by atoms with E-state index >= 15 is 0 Å². The van der Waals surface area contributed by atoms with E-state index in [9.17, 15) is 19.8 Å². The molecular weight excluding hydrogens is 598 g/mol. The molecule has 0 aromatic carbocycles. The second kappa shape index (κ2) is 38.1. The molecule has 2 unspecified atom stereocenters. The fraction of sp³-hybridized carbons (Fsp3) is 0.857. The summed E-state index contributed by atoms with van der Waals surface area (Å²) in [6.45, 7) is 4.76. The average Bonchev–Trinajstić information content (AvgIpc) is 3.08. The van der Waals surface area contributed by atoms with Crippen LogP contribution in [0.3, 0.4) is 0 Å². The first-order chi connectivity index (χ1) is 23.5. The molecule has 1 amide bonds. The van der Waals surface area contributed by atoms with E-state index in [4.69, 9.17) is 4.74 Å². The molecule has 3 N–H and O–H groups in total. The molecule has 48 heavy (non-hydrogen) atoms. The Morgan fingerprint density at radius 1 is 0.562 bits per heavy atom. The van der Waals surface area contributed by atoms with Gasteiger partial charge in [-0.3, -0.25) is 9.59 Å². The monoisotopic (exact) mass is 678 g/mol. The van der Waals surface area contributed by atoms with Crippen molar-refractivity contribution in [1.29, 1.82) is 0 Å². The van der Waals surface area contributed by atoms with Gasteiger partial charge in [0.1, 0.15) is 0 Å². The highest BCUT2D eigenvalue weighted by molar-refractivity contribution is 5.76. The van der Waals surface area contributed by atoms with E-state index in [1.54, 1.807) is 6.08 Å². The van der Waals surface area contributed by atoms with Crippen LogP contribution >= 0.6 is 0 Å². The van der Waals surface area contributed by atoms with Crippen LogP contribution in [0.15, 0.2) is 24.3 Å². The Hall–Kier alpha value is -1.66. The Morgan fingerprint density at radius 2 is 1.00 bits per heavy atom. The van der Waals surface area contributed by atoms with Gasteiger partial charge in [-0.05, 0) is 51.4 Å². The Morgan fingerprint density at radius 3 is 1.54 bits per heavy atom. The zero-order chi connectivity index (χ0) is 35.2. The predicted octanol–water partition coefficient (Wildman–Crippen LogP) is 11.2. The number of ether oxygens (including phenoxy) is 1. The molecule has 0 saturated heterocycles. The summed E-state index contributed by atoms with van der Waals surface area (Å²) < 4.78 is 5.41. The molecule has 6 heteroatoms. The van der Waals surface area contributed by atoms with Gasteiger partial charge in [0.2, 0.25) is 5.91 Å². The number of esters is 1. The highest BCUT2D eigenvalue weighted by atomic mass is 16.5. The molecule has 0 heterocycles. The van der Waals surface area contributed by atoms with Crippen molar-refractivity contribution >= 4 is 11.9 Å². The zero-order valence-corrected chi connectivity index (χ0v) is 31.7.